The van der Waals surface area contributed by atoms with Crippen LogP contribution in [0.1, 0.15) is 17.5 Å². The number of likely N-dealkylation sites (N-methyl/N-ethyl adjacent to an activating group) is 1. The van der Waals surface area contributed by atoms with Crippen LogP contribution < -0.4 is 15.1 Å². The molecule has 1 N–H and O–H groups in total. The maximum atomic E-state index is 13.7. The number of likely N-dealkylation sites (tertiary alicyclic amines) is 1. The standard InChI is InChI=1S/C25H28F3N7/c1-15-9-17(6-7-21(15)35-14-18-10-19(35)13-34(18)4)31-24-30-12-20(25(26,27)28)23(32-24)16-5-8-22(29-11-16)33(2)3/h5-9,11-12,18-19H,10,13-14H2,1-4H3,(H,30,31,32). The quantitative estimate of drug-likeness (QED) is 0.571. The van der Waals surface area contributed by atoms with E-state index in [4.69, 9.17) is 0 Å². The van der Waals surface area contributed by atoms with E-state index in [1.54, 1.807) is 17.0 Å². The van der Waals surface area contributed by atoms with Crippen molar-refractivity contribution < 1.29 is 13.2 Å². The van der Waals surface area contributed by atoms with Crippen LogP contribution in [0.4, 0.5) is 36.3 Å². The van der Waals surface area contributed by atoms with Crippen molar-refractivity contribution in [3.63, 3.8) is 0 Å². The Labute approximate surface area is 202 Å². The molecule has 2 bridgehead atoms. The highest BCUT2D eigenvalue weighted by Crippen LogP contribution is 2.38. The van der Waals surface area contributed by atoms with Crippen LogP contribution in [-0.2, 0) is 6.18 Å². The summed E-state index contributed by atoms with van der Waals surface area (Å²) in [6.45, 7) is 4.13. The highest BCUT2D eigenvalue weighted by molar-refractivity contribution is 5.68. The van der Waals surface area contributed by atoms with Gasteiger partial charge in [0.15, 0.2) is 0 Å². The molecule has 2 aliphatic rings. The number of pyridine rings is 1. The minimum atomic E-state index is -4.59. The van der Waals surface area contributed by atoms with Gasteiger partial charge in [0, 0.05) is 68.6 Å². The van der Waals surface area contributed by atoms with Crippen LogP contribution in [0.2, 0.25) is 0 Å². The van der Waals surface area contributed by atoms with Gasteiger partial charge in [-0.3, -0.25) is 4.90 Å². The summed E-state index contributed by atoms with van der Waals surface area (Å²) in [5.74, 6) is 0.738. The molecule has 35 heavy (non-hydrogen) atoms. The summed E-state index contributed by atoms with van der Waals surface area (Å²) in [6.07, 6.45) is -1.18. The van der Waals surface area contributed by atoms with E-state index in [-0.39, 0.29) is 17.2 Å². The highest BCUT2D eigenvalue weighted by Gasteiger charge is 2.41. The summed E-state index contributed by atoms with van der Waals surface area (Å²) in [4.78, 5) is 19.1. The van der Waals surface area contributed by atoms with Crippen molar-refractivity contribution in [3.05, 3.63) is 53.9 Å². The molecule has 4 heterocycles. The van der Waals surface area contributed by atoms with Gasteiger partial charge in [0.2, 0.25) is 5.95 Å². The van der Waals surface area contributed by atoms with E-state index in [9.17, 15) is 13.2 Å². The predicted octanol–water partition coefficient (Wildman–Crippen LogP) is 4.57. The first kappa shape index (κ1) is 23.3. The number of nitrogens with one attached hydrogen (secondary N) is 1. The first-order chi connectivity index (χ1) is 16.6. The molecule has 2 fully saturated rings. The average Bonchev–Trinajstić information content (AvgIpc) is 3.38. The third-order valence-corrected chi connectivity index (χ3v) is 6.85. The van der Waals surface area contributed by atoms with Crippen molar-refractivity contribution in [1.29, 1.82) is 0 Å². The summed E-state index contributed by atoms with van der Waals surface area (Å²) < 4.78 is 41.1. The first-order valence-corrected chi connectivity index (χ1v) is 11.5. The smallest absolute Gasteiger partial charge is 0.365 e. The van der Waals surface area contributed by atoms with Crippen LogP contribution in [-0.4, -0.2) is 66.2 Å². The Morgan fingerprint density at radius 3 is 2.40 bits per heavy atom. The maximum absolute atomic E-state index is 13.7. The zero-order chi connectivity index (χ0) is 24.9. The molecule has 10 heteroatoms. The second-order valence-corrected chi connectivity index (χ2v) is 9.51. The third-order valence-electron chi connectivity index (χ3n) is 6.85. The zero-order valence-corrected chi connectivity index (χ0v) is 20.1. The molecule has 0 radical (unpaired) electrons. The Bertz CT molecular complexity index is 1220. The van der Waals surface area contributed by atoms with Crippen molar-refractivity contribution in [2.45, 2.75) is 31.6 Å². The molecule has 7 nitrogen and oxygen atoms in total. The van der Waals surface area contributed by atoms with Crippen LogP contribution in [0.3, 0.4) is 0 Å². The van der Waals surface area contributed by atoms with Crippen LogP contribution in [0, 0.1) is 6.92 Å². The van der Waals surface area contributed by atoms with E-state index in [1.165, 1.54) is 18.3 Å². The van der Waals surface area contributed by atoms with Crippen molar-refractivity contribution in [2.24, 2.45) is 0 Å². The molecule has 0 amide bonds. The van der Waals surface area contributed by atoms with Crippen molar-refractivity contribution in [1.82, 2.24) is 19.9 Å². The minimum Gasteiger partial charge on any atom is -0.365 e. The fourth-order valence-corrected chi connectivity index (χ4v) is 5.01. The Morgan fingerprint density at radius 2 is 1.83 bits per heavy atom. The summed E-state index contributed by atoms with van der Waals surface area (Å²) in [5, 5.41) is 3.08. The molecule has 0 saturated carbocycles. The number of hydrogen-bond donors (Lipinski definition) is 1. The number of piperazine rings is 1. The number of alkyl halides is 3. The zero-order valence-electron chi connectivity index (χ0n) is 20.1. The molecular weight excluding hydrogens is 455 g/mol. The first-order valence-electron chi connectivity index (χ1n) is 11.5. The van der Waals surface area contributed by atoms with Gasteiger partial charge in [0.05, 0.1) is 5.69 Å². The van der Waals surface area contributed by atoms with Crippen LogP contribution >= 0.6 is 0 Å². The van der Waals surface area contributed by atoms with E-state index in [0.29, 0.717) is 17.9 Å². The van der Waals surface area contributed by atoms with Gasteiger partial charge in [0.1, 0.15) is 11.4 Å². The van der Waals surface area contributed by atoms with E-state index in [0.717, 1.165) is 30.5 Å². The molecular formula is C25H28F3N7. The molecule has 2 atom stereocenters. The fourth-order valence-electron chi connectivity index (χ4n) is 5.01. The van der Waals surface area contributed by atoms with Gasteiger partial charge in [-0.2, -0.15) is 13.2 Å². The Morgan fingerprint density at radius 1 is 1.03 bits per heavy atom. The molecule has 2 unspecified atom stereocenters. The van der Waals surface area contributed by atoms with E-state index < -0.39 is 11.7 Å². The lowest BCUT2D eigenvalue weighted by Crippen LogP contribution is -2.44. The Kier molecular flexibility index (Phi) is 5.79. The highest BCUT2D eigenvalue weighted by atomic mass is 19.4. The number of rotatable bonds is 5. The SMILES string of the molecule is Cc1cc(Nc2ncc(C(F)(F)F)c(-c3ccc(N(C)C)nc3)n2)ccc1N1CC2CC1CN2C. The Hall–Kier alpha value is -3.40. The number of benzene rings is 1. The normalized spacial score (nSPS) is 19.9. The number of halogens is 3. The monoisotopic (exact) mass is 483 g/mol. The molecule has 2 aromatic heterocycles. The molecule has 0 aliphatic carbocycles. The number of anilines is 4. The summed E-state index contributed by atoms with van der Waals surface area (Å²) in [6, 6.07) is 10.3. The lowest BCUT2D eigenvalue weighted by atomic mass is 10.1. The predicted molar refractivity (Wildman–Crippen MR) is 131 cm³/mol. The molecule has 2 saturated heterocycles. The molecule has 5 rings (SSSR count). The van der Waals surface area contributed by atoms with E-state index in [2.05, 4.69) is 43.2 Å². The summed E-state index contributed by atoms with van der Waals surface area (Å²) >= 11 is 0. The largest absolute Gasteiger partial charge is 0.419 e. The summed E-state index contributed by atoms with van der Waals surface area (Å²) in [7, 11) is 5.80. The fraction of sp³-hybridized carbons (Fsp3) is 0.400. The molecule has 3 aromatic rings. The number of aromatic nitrogens is 3. The number of fused-ring (bicyclic) bond motifs is 2. The maximum Gasteiger partial charge on any atom is 0.419 e. The summed E-state index contributed by atoms with van der Waals surface area (Å²) in [5.41, 5.74) is 2.17. The molecule has 184 valence electrons. The second-order valence-electron chi connectivity index (χ2n) is 9.51. The van der Waals surface area contributed by atoms with Crippen molar-refractivity contribution in [2.75, 3.05) is 49.3 Å². The number of nitrogens with zero attached hydrogens (tertiary/aromatic N) is 6. The Balaban J connectivity index is 1.41. The number of aryl methyl sites for hydroxylation is 1. The van der Waals surface area contributed by atoms with E-state index >= 15 is 0 Å². The van der Waals surface area contributed by atoms with Crippen molar-refractivity contribution in [3.8, 4) is 11.3 Å². The number of hydrogen-bond acceptors (Lipinski definition) is 7. The van der Waals surface area contributed by atoms with Gasteiger partial charge >= 0.3 is 6.18 Å². The molecule has 0 spiro atoms. The van der Waals surface area contributed by atoms with Gasteiger partial charge < -0.3 is 15.1 Å². The van der Waals surface area contributed by atoms with E-state index in [1.807, 2.05) is 33.2 Å². The van der Waals surface area contributed by atoms with Gasteiger partial charge in [-0.15, -0.1) is 0 Å². The van der Waals surface area contributed by atoms with Gasteiger partial charge in [-0.05, 0) is 56.3 Å². The minimum absolute atomic E-state index is 0.0960. The third kappa shape index (κ3) is 4.50. The van der Waals surface area contributed by atoms with Crippen molar-refractivity contribution >= 4 is 23.1 Å². The van der Waals surface area contributed by atoms with Gasteiger partial charge in [-0.1, -0.05) is 0 Å². The lowest BCUT2D eigenvalue weighted by Gasteiger charge is -2.34. The van der Waals surface area contributed by atoms with Gasteiger partial charge in [-0.25, -0.2) is 15.0 Å². The van der Waals surface area contributed by atoms with Crippen LogP contribution in [0.5, 0.6) is 0 Å². The van der Waals surface area contributed by atoms with Crippen LogP contribution in [0.15, 0.2) is 42.7 Å². The second kappa shape index (κ2) is 8.67. The topological polar surface area (TPSA) is 60.4 Å². The van der Waals surface area contributed by atoms with Gasteiger partial charge in [0.25, 0.3) is 0 Å². The average molecular weight is 484 g/mol. The molecule has 1 aromatic carbocycles. The lowest BCUT2D eigenvalue weighted by molar-refractivity contribution is -0.137. The van der Waals surface area contributed by atoms with Crippen LogP contribution in [0.25, 0.3) is 11.3 Å². The molecule has 2 aliphatic heterocycles.